The molecule has 0 fully saturated rings. The number of nitro groups is 1. The number of rotatable bonds is 3. The molecule has 1 aliphatic heterocycles. The predicted octanol–water partition coefficient (Wildman–Crippen LogP) is 0.439. The molecule has 0 N–H and O–H groups in total. The van der Waals surface area contributed by atoms with Gasteiger partial charge in [0.2, 0.25) is 0 Å². The van der Waals surface area contributed by atoms with Gasteiger partial charge >= 0.3 is 0 Å². The lowest BCUT2D eigenvalue weighted by atomic mass is 10.3. The smallest absolute Gasteiger partial charge is 0.276 e. The third-order valence-electron chi connectivity index (χ3n) is 2.06. The second-order valence-electron chi connectivity index (χ2n) is 3.21. The fourth-order valence-corrected chi connectivity index (χ4v) is 1.39. The first kappa shape index (κ1) is 10.2. The van der Waals surface area contributed by atoms with Gasteiger partial charge in [0.1, 0.15) is 6.33 Å². The van der Waals surface area contributed by atoms with Crippen LogP contribution in [0, 0.1) is 10.1 Å². The van der Waals surface area contributed by atoms with E-state index in [1.165, 1.54) is 6.33 Å². The maximum atomic E-state index is 10.4. The Morgan fingerprint density at radius 2 is 2.25 bits per heavy atom. The summed E-state index contributed by atoms with van der Waals surface area (Å²) >= 11 is 0. The Labute approximate surface area is 91.3 Å². The van der Waals surface area contributed by atoms with Crippen LogP contribution >= 0.6 is 0 Å². The van der Waals surface area contributed by atoms with Crippen molar-refractivity contribution in [3.63, 3.8) is 0 Å². The van der Waals surface area contributed by atoms with Crippen molar-refractivity contribution in [1.82, 2.24) is 14.9 Å². The minimum absolute atomic E-state index is 0.355. The first-order valence-electron chi connectivity index (χ1n) is 4.62. The molecule has 0 aliphatic carbocycles. The molecule has 0 bridgehead atoms. The second kappa shape index (κ2) is 4.47. The van der Waals surface area contributed by atoms with Gasteiger partial charge in [-0.2, -0.15) is 0 Å². The molecule has 0 saturated carbocycles. The monoisotopic (exact) mass is 219 g/mol. The molecule has 1 aromatic heterocycles. The Bertz CT molecular complexity index is 442. The standard InChI is InChI=1S/C9H9N5O2/c15-14(16)6-9-12-1-2-13(9)5-8-3-10-7-11-4-8/h1,3-4,6-7H,2,5H2. The van der Waals surface area contributed by atoms with E-state index in [-0.39, 0.29) is 0 Å². The summed E-state index contributed by atoms with van der Waals surface area (Å²) in [6.07, 6.45) is 7.33. The number of hydrogen-bond donors (Lipinski definition) is 0. The van der Waals surface area contributed by atoms with Crippen LogP contribution in [-0.4, -0.2) is 32.6 Å². The van der Waals surface area contributed by atoms with Crippen LogP contribution in [0.4, 0.5) is 0 Å². The highest BCUT2D eigenvalue weighted by Gasteiger charge is 2.16. The fourth-order valence-electron chi connectivity index (χ4n) is 1.39. The van der Waals surface area contributed by atoms with Crippen molar-refractivity contribution in [1.29, 1.82) is 0 Å². The lowest BCUT2D eigenvalue weighted by Crippen LogP contribution is -2.19. The molecule has 0 radical (unpaired) electrons. The summed E-state index contributed by atoms with van der Waals surface area (Å²) < 4.78 is 0. The molecule has 7 heteroatoms. The van der Waals surface area contributed by atoms with Gasteiger partial charge in [-0.3, -0.25) is 10.1 Å². The van der Waals surface area contributed by atoms with E-state index in [0.29, 0.717) is 18.9 Å². The van der Waals surface area contributed by atoms with Crippen LogP contribution in [0.5, 0.6) is 0 Å². The normalized spacial score (nSPS) is 17.0. The summed E-state index contributed by atoms with van der Waals surface area (Å²) in [6, 6.07) is 0. The minimum atomic E-state index is -0.507. The number of aromatic nitrogens is 2. The number of hydrogen-bond acceptors (Lipinski definition) is 6. The summed E-state index contributed by atoms with van der Waals surface area (Å²) in [5, 5.41) is 10.4. The molecule has 2 rings (SSSR count). The molecule has 7 nitrogen and oxygen atoms in total. The zero-order valence-electron chi connectivity index (χ0n) is 8.35. The zero-order chi connectivity index (χ0) is 11.4. The zero-order valence-corrected chi connectivity index (χ0v) is 8.35. The van der Waals surface area contributed by atoms with Crippen LogP contribution in [0.1, 0.15) is 5.56 Å². The Balaban J connectivity index is 2.09. The van der Waals surface area contributed by atoms with Crippen LogP contribution in [0.25, 0.3) is 0 Å². The third-order valence-corrected chi connectivity index (χ3v) is 2.06. The van der Waals surface area contributed by atoms with Gasteiger partial charge in [-0.1, -0.05) is 0 Å². The molecule has 2 heterocycles. The molecule has 0 unspecified atom stereocenters. The topological polar surface area (TPSA) is 84.5 Å². The van der Waals surface area contributed by atoms with Crippen molar-refractivity contribution >= 4 is 6.21 Å². The molecular formula is C9H9N5O2. The molecular weight excluding hydrogens is 210 g/mol. The van der Waals surface area contributed by atoms with Crippen LogP contribution in [0.2, 0.25) is 0 Å². The first-order valence-corrected chi connectivity index (χ1v) is 4.62. The predicted molar refractivity (Wildman–Crippen MR) is 56.0 cm³/mol. The summed E-state index contributed by atoms with van der Waals surface area (Å²) in [5.74, 6) is 0.355. The van der Waals surface area contributed by atoms with Crippen LogP contribution in [0.15, 0.2) is 35.7 Å². The average molecular weight is 219 g/mol. The van der Waals surface area contributed by atoms with Crippen LogP contribution in [-0.2, 0) is 6.54 Å². The van der Waals surface area contributed by atoms with E-state index in [4.69, 9.17) is 0 Å². The maximum Gasteiger partial charge on any atom is 0.276 e. The Morgan fingerprint density at radius 3 is 2.94 bits per heavy atom. The van der Waals surface area contributed by atoms with Gasteiger partial charge in [0.05, 0.1) is 11.5 Å². The molecule has 0 spiro atoms. The van der Waals surface area contributed by atoms with E-state index in [1.54, 1.807) is 23.5 Å². The Morgan fingerprint density at radius 1 is 1.50 bits per heavy atom. The highest BCUT2D eigenvalue weighted by molar-refractivity contribution is 5.64. The highest BCUT2D eigenvalue weighted by Crippen LogP contribution is 2.14. The van der Waals surface area contributed by atoms with Crippen molar-refractivity contribution < 1.29 is 4.92 Å². The van der Waals surface area contributed by atoms with Gasteiger partial charge in [0, 0.05) is 30.7 Å². The van der Waals surface area contributed by atoms with Gasteiger partial charge in [0.15, 0.2) is 5.82 Å². The van der Waals surface area contributed by atoms with Crippen molar-refractivity contribution in [2.24, 2.45) is 4.99 Å². The summed E-state index contributed by atoms with van der Waals surface area (Å²) in [7, 11) is 0. The van der Waals surface area contributed by atoms with E-state index in [2.05, 4.69) is 15.0 Å². The van der Waals surface area contributed by atoms with Gasteiger partial charge in [0.25, 0.3) is 6.20 Å². The van der Waals surface area contributed by atoms with E-state index in [0.717, 1.165) is 11.8 Å². The minimum Gasteiger partial charge on any atom is -0.342 e. The number of nitrogens with zero attached hydrogens (tertiary/aromatic N) is 5. The van der Waals surface area contributed by atoms with Crippen molar-refractivity contribution in [2.75, 3.05) is 6.54 Å². The number of aliphatic imine (C=N–C) groups is 1. The average Bonchev–Trinajstić information content (AvgIpc) is 2.66. The summed E-state index contributed by atoms with van der Waals surface area (Å²) in [6.45, 7) is 1.08. The highest BCUT2D eigenvalue weighted by atomic mass is 16.6. The lowest BCUT2D eigenvalue weighted by Gasteiger charge is -2.15. The molecule has 0 saturated heterocycles. The van der Waals surface area contributed by atoms with E-state index in [1.807, 2.05) is 0 Å². The summed E-state index contributed by atoms with van der Waals surface area (Å²) in [5.41, 5.74) is 0.891. The quantitative estimate of drug-likeness (QED) is 0.544. The third kappa shape index (κ3) is 2.38. The van der Waals surface area contributed by atoms with E-state index >= 15 is 0 Å². The molecule has 16 heavy (non-hydrogen) atoms. The largest absolute Gasteiger partial charge is 0.342 e. The molecule has 1 aliphatic rings. The lowest BCUT2D eigenvalue weighted by molar-refractivity contribution is -0.404. The molecule has 0 amide bonds. The van der Waals surface area contributed by atoms with Crippen LogP contribution < -0.4 is 0 Å². The Kier molecular flexibility index (Phi) is 2.86. The molecule has 0 aromatic carbocycles. The SMILES string of the molecule is O=[N+]([O-])C=C1N=CCN1Cc1cncnc1. The van der Waals surface area contributed by atoms with Gasteiger partial charge in [-0.15, -0.1) is 0 Å². The first-order chi connectivity index (χ1) is 7.75. The van der Waals surface area contributed by atoms with Gasteiger partial charge in [-0.25, -0.2) is 15.0 Å². The fraction of sp³-hybridized carbons (Fsp3) is 0.222. The second-order valence-corrected chi connectivity index (χ2v) is 3.21. The van der Waals surface area contributed by atoms with E-state index in [9.17, 15) is 10.1 Å². The van der Waals surface area contributed by atoms with Gasteiger partial charge in [-0.05, 0) is 0 Å². The van der Waals surface area contributed by atoms with Crippen molar-refractivity contribution in [2.45, 2.75) is 6.54 Å². The maximum absolute atomic E-state index is 10.4. The van der Waals surface area contributed by atoms with E-state index < -0.39 is 4.92 Å². The molecule has 82 valence electrons. The van der Waals surface area contributed by atoms with Crippen molar-refractivity contribution in [3.05, 3.63) is 46.4 Å². The summed E-state index contributed by atoms with van der Waals surface area (Å²) in [4.78, 5) is 23.3. The van der Waals surface area contributed by atoms with Gasteiger partial charge < -0.3 is 4.90 Å². The molecule has 0 atom stereocenters. The van der Waals surface area contributed by atoms with Crippen LogP contribution in [0.3, 0.4) is 0 Å². The van der Waals surface area contributed by atoms with Crippen molar-refractivity contribution in [3.8, 4) is 0 Å². The molecule has 1 aromatic rings. The Hall–Kier alpha value is -2.31.